The van der Waals surface area contributed by atoms with Gasteiger partial charge in [-0.15, -0.1) is 0 Å². The molecule has 0 fully saturated rings. The third-order valence-corrected chi connectivity index (χ3v) is 7.10. The average Bonchev–Trinajstić information content (AvgIpc) is 2.85. The number of amides is 2. The van der Waals surface area contributed by atoms with Gasteiger partial charge in [0.25, 0.3) is 0 Å². The predicted molar refractivity (Wildman–Crippen MR) is 134 cm³/mol. The number of nitrogens with zero attached hydrogens (tertiary/aromatic N) is 2. The minimum absolute atomic E-state index is 0.129. The molecule has 1 N–H and O–H groups in total. The van der Waals surface area contributed by atoms with Gasteiger partial charge in [0.05, 0.1) is 11.9 Å². The normalized spacial score (nSPS) is 14.5. The van der Waals surface area contributed by atoms with E-state index in [2.05, 4.69) is 5.32 Å². The molecule has 2 amide bonds. The first-order chi connectivity index (χ1) is 17.0. The molecular formula is C25H32FN3O6S. The summed E-state index contributed by atoms with van der Waals surface area (Å²) in [6.07, 6.45) is 1.67. The van der Waals surface area contributed by atoms with Crippen LogP contribution in [0.15, 0.2) is 42.5 Å². The molecule has 0 saturated heterocycles. The molecule has 2 aromatic carbocycles. The van der Waals surface area contributed by atoms with E-state index in [0.29, 0.717) is 31.1 Å². The number of nitrogens with one attached hydrogen (secondary N) is 1. The quantitative estimate of drug-likeness (QED) is 0.516. The second-order valence-electron chi connectivity index (χ2n) is 8.70. The van der Waals surface area contributed by atoms with Crippen molar-refractivity contribution in [3.63, 3.8) is 0 Å². The van der Waals surface area contributed by atoms with Gasteiger partial charge in [-0.05, 0) is 38.5 Å². The fourth-order valence-electron chi connectivity index (χ4n) is 3.66. The molecular weight excluding hydrogens is 489 g/mol. The molecule has 1 aliphatic heterocycles. The minimum Gasteiger partial charge on any atom is -0.486 e. The van der Waals surface area contributed by atoms with Gasteiger partial charge in [0.2, 0.25) is 21.8 Å². The molecule has 2 aromatic rings. The summed E-state index contributed by atoms with van der Waals surface area (Å²) in [4.78, 5) is 27.6. The third kappa shape index (κ3) is 6.66. The monoisotopic (exact) mass is 521 g/mol. The Labute approximate surface area is 211 Å². The van der Waals surface area contributed by atoms with Crippen molar-refractivity contribution in [3.05, 3.63) is 53.8 Å². The highest BCUT2D eigenvalue weighted by Crippen LogP contribution is 2.34. The number of benzene rings is 2. The largest absolute Gasteiger partial charge is 0.486 e. The average molecular weight is 522 g/mol. The second kappa shape index (κ2) is 11.6. The number of halogens is 1. The summed E-state index contributed by atoms with van der Waals surface area (Å²) in [6, 6.07) is 9.41. The lowest BCUT2D eigenvalue weighted by atomic mass is 10.1. The van der Waals surface area contributed by atoms with Crippen molar-refractivity contribution in [3.8, 4) is 11.5 Å². The minimum atomic E-state index is -3.91. The van der Waals surface area contributed by atoms with Crippen LogP contribution < -0.4 is 19.1 Å². The van der Waals surface area contributed by atoms with Crippen molar-refractivity contribution in [2.75, 3.05) is 30.3 Å². The maximum Gasteiger partial charge on any atom is 0.244 e. The molecule has 0 bridgehead atoms. The topological polar surface area (TPSA) is 105 Å². The van der Waals surface area contributed by atoms with Gasteiger partial charge >= 0.3 is 0 Å². The highest BCUT2D eigenvalue weighted by molar-refractivity contribution is 7.92. The lowest BCUT2D eigenvalue weighted by molar-refractivity contribution is -0.139. The van der Waals surface area contributed by atoms with Crippen LogP contribution in [0.4, 0.5) is 10.1 Å². The summed E-state index contributed by atoms with van der Waals surface area (Å²) in [5, 5.41) is 2.83. The lowest BCUT2D eigenvalue weighted by Crippen LogP contribution is -2.52. The Hall–Kier alpha value is -3.34. The van der Waals surface area contributed by atoms with E-state index >= 15 is 0 Å². The first kappa shape index (κ1) is 27.3. The Morgan fingerprint density at radius 2 is 1.75 bits per heavy atom. The zero-order chi connectivity index (χ0) is 26.5. The molecule has 0 saturated carbocycles. The Morgan fingerprint density at radius 3 is 2.39 bits per heavy atom. The fraction of sp³-hybridized carbons (Fsp3) is 0.440. The first-order valence-corrected chi connectivity index (χ1v) is 13.6. The Bertz CT molecular complexity index is 1210. The van der Waals surface area contributed by atoms with E-state index < -0.39 is 40.2 Å². The maximum absolute atomic E-state index is 14.4. The molecule has 36 heavy (non-hydrogen) atoms. The van der Waals surface area contributed by atoms with Gasteiger partial charge in [-0.1, -0.05) is 25.1 Å². The van der Waals surface area contributed by atoms with Crippen LogP contribution in [0.3, 0.4) is 0 Å². The molecule has 196 valence electrons. The van der Waals surface area contributed by atoms with Gasteiger partial charge in [-0.2, -0.15) is 0 Å². The SMILES string of the molecule is CC[C@@H](C)NC(=O)[C@@H](C)N(Cc1ccccc1F)C(=O)CN(c1ccc2c(c1)OCCO2)S(C)(=O)=O. The van der Waals surface area contributed by atoms with E-state index in [4.69, 9.17) is 9.47 Å². The summed E-state index contributed by atoms with van der Waals surface area (Å²) in [7, 11) is -3.91. The summed E-state index contributed by atoms with van der Waals surface area (Å²) in [5.74, 6) is -0.771. The zero-order valence-corrected chi connectivity index (χ0v) is 21.7. The summed E-state index contributed by atoms with van der Waals surface area (Å²) >= 11 is 0. The zero-order valence-electron chi connectivity index (χ0n) is 20.9. The molecule has 0 aliphatic carbocycles. The number of fused-ring (bicyclic) bond motifs is 1. The number of anilines is 1. The van der Waals surface area contributed by atoms with Gasteiger partial charge in [0.15, 0.2) is 11.5 Å². The highest BCUT2D eigenvalue weighted by Gasteiger charge is 2.31. The van der Waals surface area contributed by atoms with Gasteiger partial charge in [-0.25, -0.2) is 12.8 Å². The standard InChI is InChI=1S/C25H32FN3O6S/c1-5-17(2)27-25(31)18(3)28(15-19-8-6-7-9-21(19)26)24(30)16-29(36(4,32)33)20-10-11-22-23(14-20)35-13-12-34-22/h6-11,14,17-18H,5,12-13,15-16H2,1-4H3,(H,27,31)/t17-,18-/m1/s1. The smallest absolute Gasteiger partial charge is 0.244 e. The number of rotatable bonds is 10. The Kier molecular flexibility index (Phi) is 8.78. The van der Waals surface area contributed by atoms with E-state index in [-0.39, 0.29) is 23.8 Å². The van der Waals surface area contributed by atoms with Crippen molar-refractivity contribution >= 4 is 27.5 Å². The van der Waals surface area contributed by atoms with Gasteiger partial charge < -0.3 is 19.7 Å². The Balaban J connectivity index is 1.92. The number of carbonyl (C=O) groups excluding carboxylic acids is 2. The molecule has 0 aromatic heterocycles. The van der Waals surface area contributed by atoms with Crippen LogP contribution in [0.2, 0.25) is 0 Å². The van der Waals surface area contributed by atoms with Crippen molar-refractivity contribution < 1.29 is 31.9 Å². The van der Waals surface area contributed by atoms with E-state index in [1.807, 2.05) is 13.8 Å². The van der Waals surface area contributed by atoms with Crippen LogP contribution in [0.5, 0.6) is 11.5 Å². The van der Waals surface area contributed by atoms with Crippen LogP contribution in [0.25, 0.3) is 0 Å². The van der Waals surface area contributed by atoms with Crippen molar-refractivity contribution in [1.29, 1.82) is 0 Å². The predicted octanol–water partition coefficient (Wildman–Crippen LogP) is 2.69. The maximum atomic E-state index is 14.4. The van der Waals surface area contributed by atoms with Crippen molar-refractivity contribution in [2.24, 2.45) is 0 Å². The molecule has 9 nitrogen and oxygen atoms in total. The van der Waals surface area contributed by atoms with Crippen LogP contribution in [-0.2, 0) is 26.2 Å². The summed E-state index contributed by atoms with van der Waals surface area (Å²) in [5.41, 5.74) is 0.414. The molecule has 1 aliphatic rings. The number of sulfonamides is 1. The summed E-state index contributed by atoms with van der Waals surface area (Å²) in [6.45, 7) is 5.17. The van der Waals surface area contributed by atoms with E-state index in [1.165, 1.54) is 42.2 Å². The third-order valence-electron chi connectivity index (χ3n) is 5.96. The van der Waals surface area contributed by atoms with Crippen molar-refractivity contribution in [2.45, 2.75) is 45.8 Å². The van der Waals surface area contributed by atoms with Gasteiger partial charge in [0.1, 0.15) is 31.6 Å². The fourth-order valence-corrected chi connectivity index (χ4v) is 4.50. The van der Waals surface area contributed by atoms with Crippen LogP contribution >= 0.6 is 0 Å². The van der Waals surface area contributed by atoms with Crippen LogP contribution in [-0.4, -0.2) is 63.2 Å². The molecule has 3 rings (SSSR count). The van der Waals surface area contributed by atoms with Crippen LogP contribution in [0, 0.1) is 5.82 Å². The van der Waals surface area contributed by atoms with E-state index in [9.17, 15) is 22.4 Å². The first-order valence-electron chi connectivity index (χ1n) is 11.7. The number of hydrogen-bond acceptors (Lipinski definition) is 6. The van der Waals surface area contributed by atoms with Gasteiger partial charge in [0, 0.05) is 24.2 Å². The van der Waals surface area contributed by atoms with Gasteiger partial charge in [-0.3, -0.25) is 13.9 Å². The molecule has 2 atom stereocenters. The Morgan fingerprint density at radius 1 is 1.08 bits per heavy atom. The lowest BCUT2D eigenvalue weighted by Gasteiger charge is -2.32. The molecule has 0 spiro atoms. The van der Waals surface area contributed by atoms with Crippen LogP contribution in [0.1, 0.15) is 32.8 Å². The number of hydrogen-bond donors (Lipinski definition) is 1. The molecule has 11 heteroatoms. The van der Waals surface area contributed by atoms with Crippen molar-refractivity contribution in [1.82, 2.24) is 10.2 Å². The highest BCUT2D eigenvalue weighted by atomic mass is 32.2. The summed E-state index contributed by atoms with van der Waals surface area (Å²) < 4.78 is 51.8. The molecule has 0 unspecified atom stereocenters. The van der Waals surface area contributed by atoms with E-state index in [0.717, 1.165) is 10.6 Å². The second-order valence-corrected chi connectivity index (χ2v) is 10.6. The molecule has 0 radical (unpaired) electrons. The van der Waals surface area contributed by atoms with E-state index in [1.54, 1.807) is 12.1 Å². The number of ether oxygens (including phenoxy) is 2. The molecule has 1 heterocycles. The number of carbonyl (C=O) groups is 2.